The van der Waals surface area contributed by atoms with Crippen LogP contribution in [0.1, 0.15) is 37.7 Å². The highest BCUT2D eigenvalue weighted by molar-refractivity contribution is 7.80. The zero-order valence-corrected chi connectivity index (χ0v) is 8.69. The Morgan fingerprint density at radius 1 is 1.46 bits per heavy atom. The van der Waals surface area contributed by atoms with Gasteiger partial charge in [-0.1, -0.05) is 32.0 Å². The topological polar surface area (TPSA) is 39.2 Å². The van der Waals surface area contributed by atoms with Crippen LogP contribution >= 0.6 is 12.2 Å². The van der Waals surface area contributed by atoms with Crippen LogP contribution in [0.15, 0.2) is 16.5 Å². The molecule has 72 valence electrons. The minimum absolute atomic E-state index is 0.335. The van der Waals surface area contributed by atoms with Gasteiger partial charge in [-0.2, -0.15) is 0 Å². The smallest absolute Gasteiger partial charge is 0.161 e. The standard InChI is InChI=1S/C10H15NOS/c1-2-3-4-5-8-6-7-9(12-8)10(11)13/h6-7H,2-5H2,1H3,(H2,11,13). The first kappa shape index (κ1) is 10.3. The molecule has 1 aromatic rings. The lowest BCUT2D eigenvalue weighted by molar-refractivity contribution is 0.491. The van der Waals surface area contributed by atoms with Gasteiger partial charge in [-0.25, -0.2) is 0 Å². The number of thiocarbonyl (C=S) groups is 1. The van der Waals surface area contributed by atoms with E-state index >= 15 is 0 Å². The van der Waals surface area contributed by atoms with Crippen LogP contribution in [0.5, 0.6) is 0 Å². The van der Waals surface area contributed by atoms with Crippen LogP contribution in [-0.2, 0) is 6.42 Å². The van der Waals surface area contributed by atoms with E-state index < -0.39 is 0 Å². The predicted molar refractivity (Wildman–Crippen MR) is 57.8 cm³/mol. The summed E-state index contributed by atoms with van der Waals surface area (Å²) in [6.07, 6.45) is 4.61. The van der Waals surface area contributed by atoms with Crippen LogP contribution < -0.4 is 5.73 Å². The SMILES string of the molecule is CCCCCc1ccc(C(N)=S)o1. The van der Waals surface area contributed by atoms with Gasteiger partial charge in [0, 0.05) is 6.42 Å². The maximum atomic E-state index is 5.43. The molecule has 0 radical (unpaired) electrons. The lowest BCUT2D eigenvalue weighted by Gasteiger charge is -1.95. The molecule has 1 aromatic heterocycles. The van der Waals surface area contributed by atoms with Gasteiger partial charge in [-0.05, 0) is 18.6 Å². The number of aryl methyl sites for hydroxylation is 1. The van der Waals surface area contributed by atoms with Crippen LogP contribution in [-0.4, -0.2) is 4.99 Å². The lowest BCUT2D eigenvalue weighted by atomic mass is 10.2. The summed E-state index contributed by atoms with van der Waals surface area (Å²) < 4.78 is 5.43. The fraction of sp³-hybridized carbons (Fsp3) is 0.500. The Bertz CT molecular complexity index is 280. The average Bonchev–Trinajstić information content (AvgIpc) is 2.53. The molecule has 0 aromatic carbocycles. The highest BCUT2D eigenvalue weighted by Gasteiger charge is 2.03. The number of hydrogen-bond acceptors (Lipinski definition) is 2. The minimum Gasteiger partial charge on any atom is -0.459 e. The number of hydrogen-bond donors (Lipinski definition) is 1. The van der Waals surface area contributed by atoms with E-state index in [2.05, 4.69) is 6.92 Å². The van der Waals surface area contributed by atoms with E-state index in [1.54, 1.807) is 0 Å². The van der Waals surface area contributed by atoms with Crippen molar-refractivity contribution in [2.45, 2.75) is 32.6 Å². The molecule has 0 aliphatic heterocycles. The maximum Gasteiger partial charge on any atom is 0.161 e. The molecule has 0 fully saturated rings. The van der Waals surface area contributed by atoms with Gasteiger partial charge in [0.15, 0.2) is 5.76 Å². The summed E-state index contributed by atoms with van der Waals surface area (Å²) in [5.41, 5.74) is 5.42. The van der Waals surface area contributed by atoms with E-state index in [0.29, 0.717) is 10.7 Å². The molecule has 0 aliphatic carbocycles. The summed E-state index contributed by atoms with van der Waals surface area (Å²) in [5.74, 6) is 1.61. The van der Waals surface area contributed by atoms with Crippen molar-refractivity contribution in [2.75, 3.05) is 0 Å². The summed E-state index contributed by atoms with van der Waals surface area (Å²) in [4.78, 5) is 0.335. The average molecular weight is 197 g/mol. The normalized spacial score (nSPS) is 10.2. The summed E-state index contributed by atoms with van der Waals surface area (Å²) in [6, 6.07) is 3.79. The van der Waals surface area contributed by atoms with E-state index in [-0.39, 0.29) is 0 Å². The third-order valence-corrected chi connectivity index (χ3v) is 2.13. The molecular formula is C10H15NOS. The number of furan rings is 1. The molecule has 0 saturated heterocycles. The van der Waals surface area contributed by atoms with Crippen molar-refractivity contribution in [3.05, 3.63) is 23.7 Å². The van der Waals surface area contributed by atoms with Crippen molar-refractivity contribution < 1.29 is 4.42 Å². The van der Waals surface area contributed by atoms with Crippen LogP contribution in [0.25, 0.3) is 0 Å². The molecule has 0 saturated carbocycles. The van der Waals surface area contributed by atoms with Crippen molar-refractivity contribution in [1.29, 1.82) is 0 Å². The summed E-state index contributed by atoms with van der Waals surface area (Å²) in [5, 5.41) is 0. The van der Waals surface area contributed by atoms with Crippen molar-refractivity contribution in [2.24, 2.45) is 5.73 Å². The highest BCUT2D eigenvalue weighted by Crippen LogP contribution is 2.11. The van der Waals surface area contributed by atoms with E-state index in [0.717, 1.165) is 12.2 Å². The molecule has 3 heteroatoms. The molecule has 1 heterocycles. The van der Waals surface area contributed by atoms with Gasteiger partial charge in [0.2, 0.25) is 0 Å². The largest absolute Gasteiger partial charge is 0.459 e. The number of unbranched alkanes of at least 4 members (excludes halogenated alkanes) is 2. The molecule has 1 rings (SSSR count). The molecule has 0 atom stereocenters. The van der Waals surface area contributed by atoms with E-state index in [9.17, 15) is 0 Å². The van der Waals surface area contributed by atoms with Gasteiger partial charge >= 0.3 is 0 Å². The zero-order valence-electron chi connectivity index (χ0n) is 7.88. The first-order valence-electron chi connectivity index (χ1n) is 4.62. The Hall–Kier alpha value is -0.830. The van der Waals surface area contributed by atoms with E-state index in [4.69, 9.17) is 22.4 Å². The first-order valence-corrected chi connectivity index (χ1v) is 5.03. The molecule has 0 amide bonds. The van der Waals surface area contributed by atoms with E-state index in [1.165, 1.54) is 19.3 Å². The lowest BCUT2D eigenvalue weighted by Crippen LogP contribution is -2.07. The number of rotatable bonds is 5. The second kappa shape index (κ2) is 5.02. The molecule has 0 unspecified atom stereocenters. The van der Waals surface area contributed by atoms with Crippen molar-refractivity contribution in [3.8, 4) is 0 Å². The fourth-order valence-corrected chi connectivity index (χ4v) is 1.30. The van der Waals surface area contributed by atoms with Crippen LogP contribution in [0.2, 0.25) is 0 Å². The molecule has 13 heavy (non-hydrogen) atoms. The van der Waals surface area contributed by atoms with Gasteiger partial charge in [0.1, 0.15) is 10.7 Å². The zero-order chi connectivity index (χ0) is 9.68. The quantitative estimate of drug-likeness (QED) is 0.582. The molecule has 0 bridgehead atoms. The highest BCUT2D eigenvalue weighted by atomic mass is 32.1. The minimum atomic E-state index is 0.335. The Kier molecular flexibility index (Phi) is 3.96. The third kappa shape index (κ3) is 3.19. The fourth-order valence-electron chi connectivity index (χ4n) is 1.19. The Morgan fingerprint density at radius 2 is 2.23 bits per heavy atom. The molecule has 2 N–H and O–H groups in total. The Balaban J connectivity index is 2.44. The molecular weight excluding hydrogens is 182 g/mol. The first-order chi connectivity index (χ1) is 6.24. The van der Waals surface area contributed by atoms with Gasteiger partial charge in [-0.15, -0.1) is 0 Å². The summed E-state index contributed by atoms with van der Waals surface area (Å²) in [7, 11) is 0. The van der Waals surface area contributed by atoms with Gasteiger partial charge in [0.05, 0.1) is 0 Å². The van der Waals surface area contributed by atoms with Gasteiger partial charge in [0.25, 0.3) is 0 Å². The predicted octanol–water partition coefficient (Wildman–Crippen LogP) is 2.65. The van der Waals surface area contributed by atoms with Crippen LogP contribution in [0, 0.1) is 0 Å². The summed E-state index contributed by atoms with van der Waals surface area (Å²) in [6.45, 7) is 2.18. The second-order valence-corrected chi connectivity index (χ2v) is 3.53. The van der Waals surface area contributed by atoms with Crippen molar-refractivity contribution in [1.82, 2.24) is 0 Å². The Labute approximate surface area is 84.1 Å². The van der Waals surface area contributed by atoms with Crippen molar-refractivity contribution in [3.63, 3.8) is 0 Å². The summed E-state index contributed by atoms with van der Waals surface area (Å²) >= 11 is 4.79. The van der Waals surface area contributed by atoms with E-state index in [1.807, 2.05) is 12.1 Å². The van der Waals surface area contributed by atoms with Gasteiger partial charge in [-0.3, -0.25) is 0 Å². The molecule has 0 aliphatic rings. The number of nitrogens with two attached hydrogens (primary N) is 1. The van der Waals surface area contributed by atoms with Crippen LogP contribution in [0.4, 0.5) is 0 Å². The third-order valence-electron chi connectivity index (χ3n) is 1.93. The van der Waals surface area contributed by atoms with Gasteiger partial charge < -0.3 is 10.2 Å². The molecule has 0 spiro atoms. The monoisotopic (exact) mass is 197 g/mol. The van der Waals surface area contributed by atoms with Crippen LogP contribution in [0.3, 0.4) is 0 Å². The Morgan fingerprint density at radius 3 is 2.77 bits per heavy atom. The second-order valence-electron chi connectivity index (χ2n) is 3.09. The molecule has 2 nitrogen and oxygen atoms in total. The maximum absolute atomic E-state index is 5.43. The van der Waals surface area contributed by atoms with Crippen molar-refractivity contribution >= 4 is 17.2 Å².